The van der Waals surface area contributed by atoms with E-state index in [2.05, 4.69) is 38.0 Å². The van der Waals surface area contributed by atoms with Crippen molar-refractivity contribution in [2.24, 2.45) is 0 Å². The molecule has 18 heavy (non-hydrogen) atoms. The molecule has 1 N–H and O–H groups in total. The predicted octanol–water partition coefficient (Wildman–Crippen LogP) is 2.57. The van der Waals surface area contributed by atoms with Gasteiger partial charge in [0.1, 0.15) is 0 Å². The lowest BCUT2D eigenvalue weighted by Crippen LogP contribution is -2.15. The van der Waals surface area contributed by atoms with Crippen molar-refractivity contribution in [1.82, 2.24) is 15.0 Å². The standard InChI is InChI=1S/C11H14ClN5S/c1-7-5-18-6-8(7)4-13-10-14-9(12)15-11(16-10)17(2)3/h5-6H,4H2,1-3H3,(H,13,14,15,16). The Kier molecular flexibility index (Phi) is 3.98. The minimum absolute atomic E-state index is 0.193. The molecule has 0 fully saturated rings. The number of halogens is 1. The number of hydrogen-bond donors (Lipinski definition) is 1. The van der Waals surface area contributed by atoms with Crippen LogP contribution in [0.4, 0.5) is 11.9 Å². The summed E-state index contributed by atoms with van der Waals surface area (Å²) in [5, 5.41) is 7.57. The van der Waals surface area contributed by atoms with Gasteiger partial charge in [-0.3, -0.25) is 0 Å². The van der Waals surface area contributed by atoms with Crippen LogP contribution in [0.2, 0.25) is 5.28 Å². The molecule has 0 aliphatic rings. The highest BCUT2D eigenvalue weighted by Gasteiger charge is 2.07. The molecule has 0 saturated carbocycles. The van der Waals surface area contributed by atoms with Gasteiger partial charge in [0.15, 0.2) is 0 Å². The van der Waals surface area contributed by atoms with E-state index >= 15 is 0 Å². The highest BCUT2D eigenvalue weighted by Crippen LogP contribution is 2.16. The lowest BCUT2D eigenvalue weighted by molar-refractivity contribution is 0.942. The van der Waals surface area contributed by atoms with Gasteiger partial charge in [-0.25, -0.2) is 0 Å². The second kappa shape index (κ2) is 5.49. The van der Waals surface area contributed by atoms with Crippen LogP contribution in [0.3, 0.4) is 0 Å². The average Bonchev–Trinajstić information content (AvgIpc) is 2.71. The molecule has 0 spiro atoms. The second-order valence-corrected chi connectivity index (χ2v) is 5.14. The fourth-order valence-corrected chi connectivity index (χ4v) is 2.37. The SMILES string of the molecule is Cc1cscc1CNc1nc(Cl)nc(N(C)C)n1. The highest BCUT2D eigenvalue weighted by atomic mass is 35.5. The van der Waals surface area contributed by atoms with E-state index in [1.165, 1.54) is 11.1 Å². The van der Waals surface area contributed by atoms with E-state index in [0.29, 0.717) is 18.4 Å². The van der Waals surface area contributed by atoms with E-state index in [4.69, 9.17) is 11.6 Å². The highest BCUT2D eigenvalue weighted by molar-refractivity contribution is 7.08. The van der Waals surface area contributed by atoms with Crippen molar-refractivity contribution >= 4 is 34.8 Å². The zero-order valence-corrected chi connectivity index (χ0v) is 12.0. The second-order valence-electron chi connectivity index (χ2n) is 4.06. The molecule has 0 radical (unpaired) electrons. The molecule has 2 aromatic heterocycles. The first-order chi connectivity index (χ1) is 8.56. The van der Waals surface area contributed by atoms with Crippen molar-refractivity contribution in [3.05, 3.63) is 27.2 Å². The van der Waals surface area contributed by atoms with Crippen molar-refractivity contribution in [2.75, 3.05) is 24.3 Å². The van der Waals surface area contributed by atoms with Gasteiger partial charge in [-0.05, 0) is 40.4 Å². The Morgan fingerprint density at radius 1 is 1.28 bits per heavy atom. The number of hydrogen-bond acceptors (Lipinski definition) is 6. The van der Waals surface area contributed by atoms with Crippen molar-refractivity contribution < 1.29 is 0 Å². The quantitative estimate of drug-likeness (QED) is 0.935. The largest absolute Gasteiger partial charge is 0.350 e. The van der Waals surface area contributed by atoms with Gasteiger partial charge in [-0.15, -0.1) is 0 Å². The third-order valence-electron chi connectivity index (χ3n) is 2.39. The molecule has 2 rings (SSSR count). The van der Waals surface area contributed by atoms with Gasteiger partial charge in [0.25, 0.3) is 0 Å². The zero-order chi connectivity index (χ0) is 13.1. The molecule has 0 saturated heterocycles. The topological polar surface area (TPSA) is 53.9 Å². The molecule has 0 aromatic carbocycles. The van der Waals surface area contributed by atoms with E-state index in [0.717, 1.165) is 0 Å². The van der Waals surface area contributed by atoms with Crippen LogP contribution in [-0.2, 0) is 6.54 Å². The number of nitrogens with one attached hydrogen (secondary N) is 1. The van der Waals surface area contributed by atoms with Gasteiger partial charge >= 0.3 is 0 Å². The van der Waals surface area contributed by atoms with E-state index in [9.17, 15) is 0 Å². The molecule has 7 heteroatoms. The van der Waals surface area contributed by atoms with Gasteiger partial charge in [-0.2, -0.15) is 26.3 Å². The number of nitrogens with zero attached hydrogens (tertiary/aromatic N) is 4. The van der Waals surface area contributed by atoms with Gasteiger partial charge in [-0.1, -0.05) is 0 Å². The van der Waals surface area contributed by atoms with Crippen LogP contribution in [0.15, 0.2) is 10.8 Å². The van der Waals surface area contributed by atoms with Crippen molar-refractivity contribution in [3.63, 3.8) is 0 Å². The van der Waals surface area contributed by atoms with Gasteiger partial charge in [0.05, 0.1) is 0 Å². The lowest BCUT2D eigenvalue weighted by Gasteiger charge is -2.11. The summed E-state index contributed by atoms with van der Waals surface area (Å²) >= 11 is 7.54. The summed E-state index contributed by atoms with van der Waals surface area (Å²) in [5.41, 5.74) is 2.50. The fourth-order valence-electron chi connectivity index (χ4n) is 1.36. The number of rotatable bonds is 4. The van der Waals surface area contributed by atoms with Gasteiger partial charge < -0.3 is 10.2 Å². The number of anilines is 2. The van der Waals surface area contributed by atoms with E-state index in [1.54, 1.807) is 16.2 Å². The molecule has 96 valence electrons. The number of aromatic nitrogens is 3. The Morgan fingerprint density at radius 2 is 2.06 bits per heavy atom. The van der Waals surface area contributed by atoms with Crippen LogP contribution in [0.25, 0.3) is 0 Å². The third kappa shape index (κ3) is 3.08. The molecule has 2 aromatic rings. The monoisotopic (exact) mass is 283 g/mol. The molecular formula is C11H14ClN5S. The molecule has 2 heterocycles. The first-order valence-electron chi connectivity index (χ1n) is 5.40. The molecule has 0 aliphatic heterocycles. The summed E-state index contributed by atoms with van der Waals surface area (Å²) in [6.45, 7) is 2.77. The van der Waals surface area contributed by atoms with E-state index < -0.39 is 0 Å². The minimum atomic E-state index is 0.193. The fraction of sp³-hybridized carbons (Fsp3) is 0.364. The Bertz CT molecular complexity index is 540. The van der Waals surface area contributed by atoms with Crippen LogP contribution in [0.1, 0.15) is 11.1 Å². The molecule has 0 bridgehead atoms. The van der Waals surface area contributed by atoms with E-state index in [-0.39, 0.29) is 5.28 Å². The Balaban J connectivity index is 2.12. The smallest absolute Gasteiger partial charge is 0.230 e. The summed E-state index contributed by atoms with van der Waals surface area (Å²) in [4.78, 5) is 14.1. The molecule has 0 atom stereocenters. The molecule has 0 unspecified atom stereocenters. The summed E-state index contributed by atoms with van der Waals surface area (Å²) in [5.74, 6) is 1.03. The summed E-state index contributed by atoms with van der Waals surface area (Å²) in [7, 11) is 3.72. The number of thiophene rings is 1. The van der Waals surface area contributed by atoms with Crippen LogP contribution in [-0.4, -0.2) is 29.0 Å². The van der Waals surface area contributed by atoms with Crippen molar-refractivity contribution in [3.8, 4) is 0 Å². The Labute approximate surface area is 115 Å². The first kappa shape index (κ1) is 13.0. The maximum Gasteiger partial charge on any atom is 0.230 e. The summed E-state index contributed by atoms with van der Waals surface area (Å²) in [6, 6.07) is 0. The average molecular weight is 284 g/mol. The van der Waals surface area contributed by atoms with Gasteiger partial charge in [0.2, 0.25) is 17.2 Å². The normalized spacial score (nSPS) is 10.4. The van der Waals surface area contributed by atoms with Crippen LogP contribution >= 0.6 is 22.9 Å². The third-order valence-corrected chi connectivity index (χ3v) is 3.47. The van der Waals surface area contributed by atoms with E-state index in [1.807, 2.05) is 14.1 Å². The van der Waals surface area contributed by atoms with Gasteiger partial charge in [0, 0.05) is 20.6 Å². The Morgan fingerprint density at radius 3 is 2.67 bits per heavy atom. The predicted molar refractivity (Wildman–Crippen MR) is 75.5 cm³/mol. The minimum Gasteiger partial charge on any atom is -0.350 e. The molecule has 0 aliphatic carbocycles. The van der Waals surface area contributed by atoms with Crippen LogP contribution in [0, 0.1) is 6.92 Å². The van der Waals surface area contributed by atoms with Crippen LogP contribution < -0.4 is 10.2 Å². The molecular weight excluding hydrogens is 270 g/mol. The summed E-state index contributed by atoms with van der Waals surface area (Å²) in [6.07, 6.45) is 0. The first-order valence-corrected chi connectivity index (χ1v) is 6.73. The Hall–Kier alpha value is -1.40. The van der Waals surface area contributed by atoms with Crippen LogP contribution in [0.5, 0.6) is 0 Å². The zero-order valence-electron chi connectivity index (χ0n) is 10.4. The molecule has 0 amide bonds. The van der Waals surface area contributed by atoms with Crippen molar-refractivity contribution in [1.29, 1.82) is 0 Å². The maximum absolute atomic E-state index is 5.86. The summed E-state index contributed by atoms with van der Waals surface area (Å²) < 4.78 is 0. The lowest BCUT2D eigenvalue weighted by atomic mass is 10.2. The number of aryl methyl sites for hydroxylation is 1. The molecule has 5 nitrogen and oxygen atoms in total. The van der Waals surface area contributed by atoms with Crippen molar-refractivity contribution in [2.45, 2.75) is 13.5 Å². The maximum atomic E-state index is 5.86.